The Bertz CT molecular complexity index is 1140. The summed E-state index contributed by atoms with van der Waals surface area (Å²) < 4.78 is 0. The number of hydrogen-bond acceptors (Lipinski definition) is 3. The van der Waals surface area contributed by atoms with E-state index in [0.717, 1.165) is 33.3 Å². The lowest BCUT2D eigenvalue weighted by atomic mass is 9.98. The highest BCUT2D eigenvalue weighted by Gasteiger charge is 2.12. The van der Waals surface area contributed by atoms with Crippen LogP contribution in [0.25, 0.3) is 22.2 Å². The third-order valence-corrected chi connectivity index (χ3v) is 4.83. The molecule has 0 aliphatic heterocycles. The maximum Gasteiger partial charge on any atom is 0.167 e. The summed E-state index contributed by atoms with van der Waals surface area (Å²) in [6, 6.07) is 17.1. The van der Waals surface area contributed by atoms with Gasteiger partial charge < -0.3 is 10.7 Å². The van der Waals surface area contributed by atoms with E-state index in [2.05, 4.69) is 9.97 Å². The lowest BCUT2D eigenvalue weighted by molar-refractivity contribution is 0.0993. The van der Waals surface area contributed by atoms with Crippen molar-refractivity contribution in [2.75, 3.05) is 0 Å². The summed E-state index contributed by atoms with van der Waals surface area (Å²) in [7, 11) is 0. The molecule has 0 amide bonds. The van der Waals surface area contributed by atoms with Crippen LogP contribution in [0.1, 0.15) is 21.5 Å². The van der Waals surface area contributed by atoms with E-state index in [1.807, 2.05) is 60.8 Å². The van der Waals surface area contributed by atoms with E-state index >= 15 is 0 Å². The highest BCUT2D eigenvalue weighted by atomic mass is 35.5. The molecular formula is C22H19Cl2N3O. The van der Waals surface area contributed by atoms with Gasteiger partial charge in [-0.05, 0) is 47.5 Å². The Morgan fingerprint density at radius 1 is 1.11 bits per heavy atom. The van der Waals surface area contributed by atoms with Gasteiger partial charge in [-0.1, -0.05) is 29.8 Å². The Morgan fingerprint density at radius 2 is 1.96 bits per heavy atom. The van der Waals surface area contributed by atoms with E-state index in [1.165, 1.54) is 0 Å². The lowest BCUT2D eigenvalue weighted by Crippen LogP contribution is -2.04. The van der Waals surface area contributed by atoms with Crippen molar-refractivity contribution in [2.24, 2.45) is 5.73 Å². The standard InChI is InChI=1S/C22H18ClN3O.ClH/c23-18-10-17(19-5-7-26-21(19)12-18)11-22(27)16-3-1-2-15(9-16)20-8-14(13-24)4-6-25-20;/h1-10,12,26H,11,13,24H2;1H. The van der Waals surface area contributed by atoms with E-state index in [1.54, 1.807) is 6.20 Å². The van der Waals surface area contributed by atoms with Crippen LogP contribution in [-0.2, 0) is 13.0 Å². The van der Waals surface area contributed by atoms with Gasteiger partial charge in [0.2, 0.25) is 0 Å². The SMILES string of the molecule is Cl.NCc1ccnc(-c2cccc(C(=O)Cc3cc(Cl)cc4[nH]ccc34)c2)c1. The number of ketones is 1. The first-order valence-electron chi connectivity index (χ1n) is 8.68. The maximum absolute atomic E-state index is 12.9. The molecule has 4 aromatic rings. The van der Waals surface area contributed by atoms with Gasteiger partial charge in [-0.3, -0.25) is 9.78 Å². The zero-order chi connectivity index (χ0) is 18.8. The summed E-state index contributed by atoms with van der Waals surface area (Å²) in [6.45, 7) is 0.454. The monoisotopic (exact) mass is 411 g/mol. The van der Waals surface area contributed by atoms with Gasteiger partial charge in [0.05, 0.1) is 5.69 Å². The molecule has 0 saturated carbocycles. The van der Waals surface area contributed by atoms with Gasteiger partial charge in [-0.25, -0.2) is 0 Å². The number of H-pyrrole nitrogens is 1. The van der Waals surface area contributed by atoms with Crippen molar-refractivity contribution < 1.29 is 4.79 Å². The van der Waals surface area contributed by atoms with Crippen molar-refractivity contribution in [2.45, 2.75) is 13.0 Å². The predicted octanol–water partition coefficient (Wildman–Crippen LogP) is 5.19. The molecule has 0 aliphatic rings. The minimum atomic E-state index is 0. The summed E-state index contributed by atoms with van der Waals surface area (Å²) in [6.07, 6.45) is 3.88. The number of halogens is 2. The van der Waals surface area contributed by atoms with E-state index in [-0.39, 0.29) is 24.6 Å². The summed E-state index contributed by atoms with van der Waals surface area (Å²) in [5.41, 5.74) is 10.9. The van der Waals surface area contributed by atoms with Gasteiger partial charge in [0, 0.05) is 52.4 Å². The van der Waals surface area contributed by atoms with Crippen molar-refractivity contribution in [1.29, 1.82) is 0 Å². The van der Waals surface area contributed by atoms with Crippen LogP contribution in [0.3, 0.4) is 0 Å². The minimum absolute atomic E-state index is 0. The number of hydrogen-bond donors (Lipinski definition) is 2. The molecule has 0 saturated heterocycles. The number of Topliss-reactive ketones (excluding diaryl/α,β-unsaturated/α-hetero) is 1. The maximum atomic E-state index is 12.9. The minimum Gasteiger partial charge on any atom is -0.361 e. The molecule has 142 valence electrons. The Labute approximate surface area is 174 Å². The molecule has 2 aromatic heterocycles. The normalized spacial score (nSPS) is 10.6. The zero-order valence-corrected chi connectivity index (χ0v) is 16.6. The Morgan fingerprint density at radius 3 is 2.79 bits per heavy atom. The molecule has 4 rings (SSSR count). The molecule has 0 spiro atoms. The van der Waals surface area contributed by atoms with E-state index in [4.69, 9.17) is 17.3 Å². The van der Waals surface area contributed by atoms with Crippen molar-refractivity contribution in [3.8, 4) is 11.3 Å². The van der Waals surface area contributed by atoms with Crippen molar-refractivity contribution in [3.63, 3.8) is 0 Å². The quantitative estimate of drug-likeness (QED) is 0.443. The average molecular weight is 412 g/mol. The molecule has 0 fully saturated rings. The second kappa shape index (κ2) is 8.57. The topological polar surface area (TPSA) is 71.8 Å². The second-order valence-electron chi connectivity index (χ2n) is 6.44. The number of rotatable bonds is 5. The predicted molar refractivity (Wildman–Crippen MR) is 116 cm³/mol. The fourth-order valence-electron chi connectivity index (χ4n) is 3.24. The third kappa shape index (κ3) is 4.09. The van der Waals surface area contributed by atoms with Crippen LogP contribution in [0.5, 0.6) is 0 Å². The Kier molecular flexibility index (Phi) is 6.15. The molecule has 2 aromatic carbocycles. The summed E-state index contributed by atoms with van der Waals surface area (Å²) in [5.74, 6) is 0.0385. The van der Waals surface area contributed by atoms with Gasteiger partial charge in [-0.2, -0.15) is 0 Å². The number of aromatic amines is 1. The largest absolute Gasteiger partial charge is 0.361 e. The number of nitrogens with two attached hydrogens (primary N) is 1. The van der Waals surface area contributed by atoms with Gasteiger partial charge in [0.1, 0.15) is 0 Å². The van der Waals surface area contributed by atoms with Crippen LogP contribution in [0.2, 0.25) is 5.02 Å². The summed E-state index contributed by atoms with van der Waals surface area (Å²) in [5, 5.41) is 1.63. The van der Waals surface area contributed by atoms with Crippen LogP contribution in [0, 0.1) is 0 Å². The molecule has 0 bridgehead atoms. The number of carbonyl (C=O) groups is 1. The third-order valence-electron chi connectivity index (χ3n) is 4.61. The Hall–Kier alpha value is -2.66. The first-order chi connectivity index (χ1) is 13.1. The van der Waals surface area contributed by atoms with Gasteiger partial charge >= 0.3 is 0 Å². The van der Waals surface area contributed by atoms with Crippen LogP contribution in [0.15, 0.2) is 67.0 Å². The fraction of sp³-hybridized carbons (Fsp3) is 0.0909. The smallest absolute Gasteiger partial charge is 0.167 e. The van der Waals surface area contributed by atoms with Crippen molar-refractivity contribution in [1.82, 2.24) is 9.97 Å². The number of benzene rings is 2. The fourth-order valence-corrected chi connectivity index (χ4v) is 3.48. The van der Waals surface area contributed by atoms with Crippen molar-refractivity contribution >= 4 is 40.7 Å². The molecule has 0 radical (unpaired) electrons. The molecule has 0 unspecified atom stereocenters. The number of fused-ring (bicyclic) bond motifs is 1. The first kappa shape index (κ1) is 20.1. The number of nitrogens with zero attached hydrogens (tertiary/aromatic N) is 1. The van der Waals surface area contributed by atoms with Gasteiger partial charge in [0.25, 0.3) is 0 Å². The first-order valence-corrected chi connectivity index (χ1v) is 9.06. The number of pyridine rings is 1. The van der Waals surface area contributed by atoms with Crippen LogP contribution >= 0.6 is 24.0 Å². The number of carbonyl (C=O) groups excluding carboxylic acids is 1. The molecule has 4 nitrogen and oxygen atoms in total. The highest BCUT2D eigenvalue weighted by Crippen LogP contribution is 2.25. The molecule has 6 heteroatoms. The zero-order valence-electron chi connectivity index (χ0n) is 15.0. The van der Waals surface area contributed by atoms with Crippen LogP contribution in [-0.4, -0.2) is 15.8 Å². The van der Waals surface area contributed by atoms with E-state index in [0.29, 0.717) is 17.1 Å². The summed E-state index contributed by atoms with van der Waals surface area (Å²) in [4.78, 5) is 20.4. The lowest BCUT2D eigenvalue weighted by Gasteiger charge is -2.07. The molecular weight excluding hydrogens is 393 g/mol. The molecule has 2 heterocycles. The highest BCUT2D eigenvalue weighted by molar-refractivity contribution is 6.31. The summed E-state index contributed by atoms with van der Waals surface area (Å²) >= 11 is 6.19. The van der Waals surface area contributed by atoms with E-state index < -0.39 is 0 Å². The van der Waals surface area contributed by atoms with Crippen LogP contribution < -0.4 is 5.73 Å². The van der Waals surface area contributed by atoms with E-state index in [9.17, 15) is 4.79 Å². The van der Waals surface area contributed by atoms with Gasteiger partial charge in [0.15, 0.2) is 5.78 Å². The number of aromatic nitrogens is 2. The molecule has 0 aliphatic carbocycles. The molecule has 28 heavy (non-hydrogen) atoms. The molecule has 0 atom stereocenters. The van der Waals surface area contributed by atoms with Gasteiger partial charge in [-0.15, -0.1) is 12.4 Å². The average Bonchev–Trinajstić information content (AvgIpc) is 3.16. The molecule has 3 N–H and O–H groups in total. The number of nitrogens with one attached hydrogen (secondary N) is 1. The van der Waals surface area contributed by atoms with Crippen molar-refractivity contribution in [3.05, 3.63) is 88.7 Å². The Balaban J connectivity index is 0.00000225. The second-order valence-corrected chi connectivity index (χ2v) is 6.87. The van der Waals surface area contributed by atoms with Crippen LogP contribution in [0.4, 0.5) is 0 Å².